The quantitative estimate of drug-likeness (QED) is 0.414. The minimum absolute atomic E-state index is 0.174. The van der Waals surface area contributed by atoms with E-state index in [-0.39, 0.29) is 5.06 Å². The summed E-state index contributed by atoms with van der Waals surface area (Å²) in [6, 6.07) is 0. The number of carbonyl (C=O) groups excluding carboxylic acids is 2. The lowest BCUT2D eigenvalue weighted by atomic mass is 10.4. The Morgan fingerprint density at radius 1 is 1.58 bits per heavy atom. The molecule has 0 aromatic rings. The van der Waals surface area contributed by atoms with Crippen molar-refractivity contribution in [3.63, 3.8) is 0 Å². The highest BCUT2D eigenvalue weighted by Gasteiger charge is 2.43. The van der Waals surface area contributed by atoms with Crippen LogP contribution in [0.5, 0.6) is 0 Å². The standard InChI is InChI=1S/C4H5NO5S2/c6-3-1-2(12(9,10)11)4(7)5(3)8/h2,8H,1H2,(H,9,10,11). The summed E-state index contributed by atoms with van der Waals surface area (Å²) in [4.78, 5) is 21.4. The summed E-state index contributed by atoms with van der Waals surface area (Å²) in [5, 5.41) is 7.00. The maximum Gasteiger partial charge on any atom is 0.272 e. The Kier molecular flexibility index (Phi) is 2.17. The van der Waals surface area contributed by atoms with Crippen LogP contribution in [0, 0.1) is 0 Å². The smallest absolute Gasteiger partial charge is 0.272 e. The number of carbonyl (C=O) groups is 2. The lowest BCUT2D eigenvalue weighted by Crippen LogP contribution is -2.31. The molecule has 0 saturated carbocycles. The van der Waals surface area contributed by atoms with Gasteiger partial charge in [-0.05, 0) is 0 Å². The average Bonchev–Trinajstić information content (AvgIpc) is 2.15. The molecule has 1 saturated heterocycles. The summed E-state index contributed by atoms with van der Waals surface area (Å²) in [5.41, 5.74) is 0. The maximum absolute atomic E-state index is 10.8. The topological polar surface area (TPSA) is 94.9 Å². The van der Waals surface area contributed by atoms with Crippen LogP contribution in [0.4, 0.5) is 0 Å². The Balaban J connectivity index is 3.01. The van der Waals surface area contributed by atoms with Crippen LogP contribution in [0.1, 0.15) is 6.42 Å². The monoisotopic (exact) mass is 211 g/mol. The average molecular weight is 211 g/mol. The molecule has 0 aromatic heterocycles. The van der Waals surface area contributed by atoms with Crippen molar-refractivity contribution in [2.24, 2.45) is 0 Å². The molecule has 0 bridgehead atoms. The second-order valence-electron chi connectivity index (χ2n) is 2.25. The van der Waals surface area contributed by atoms with Crippen molar-refractivity contribution in [2.75, 3.05) is 0 Å². The molecule has 1 fully saturated rings. The van der Waals surface area contributed by atoms with Crippen molar-refractivity contribution in [1.29, 1.82) is 0 Å². The van der Waals surface area contributed by atoms with Crippen molar-refractivity contribution in [2.45, 2.75) is 11.7 Å². The number of hydroxylamine groups is 2. The highest BCUT2D eigenvalue weighted by atomic mass is 32.8. The highest BCUT2D eigenvalue weighted by Crippen LogP contribution is 2.17. The van der Waals surface area contributed by atoms with Crippen LogP contribution in [0.2, 0.25) is 0 Å². The summed E-state index contributed by atoms with van der Waals surface area (Å²) < 4.78 is 19.5. The molecule has 6 nitrogen and oxygen atoms in total. The van der Waals surface area contributed by atoms with Crippen molar-refractivity contribution in [1.82, 2.24) is 5.06 Å². The van der Waals surface area contributed by atoms with Crippen LogP contribution in [0.15, 0.2) is 0 Å². The van der Waals surface area contributed by atoms with E-state index in [0.717, 1.165) is 0 Å². The molecule has 1 heterocycles. The third-order valence-corrected chi connectivity index (χ3v) is 3.22. The predicted molar refractivity (Wildman–Crippen MR) is 40.2 cm³/mol. The fourth-order valence-corrected chi connectivity index (χ4v) is 1.98. The van der Waals surface area contributed by atoms with Gasteiger partial charge in [0.2, 0.25) is 0 Å². The number of hydrogen-bond donors (Lipinski definition) is 2. The third kappa shape index (κ3) is 1.46. The molecule has 0 radical (unpaired) electrons. The fraction of sp³-hybridized carbons (Fsp3) is 0.500. The number of amides is 2. The SMILES string of the molecule is O=C1CC(S(=O)(O)=S)C(=O)N1O. The molecule has 1 aliphatic rings. The molecule has 68 valence electrons. The van der Waals surface area contributed by atoms with E-state index in [1.54, 1.807) is 0 Å². The molecule has 0 spiro atoms. The van der Waals surface area contributed by atoms with E-state index in [9.17, 15) is 13.8 Å². The van der Waals surface area contributed by atoms with Crippen LogP contribution in [-0.2, 0) is 29.6 Å². The lowest BCUT2D eigenvalue weighted by molar-refractivity contribution is -0.170. The van der Waals surface area contributed by atoms with E-state index in [2.05, 4.69) is 11.2 Å². The van der Waals surface area contributed by atoms with Gasteiger partial charge in [0.25, 0.3) is 11.8 Å². The Morgan fingerprint density at radius 3 is 2.25 bits per heavy atom. The van der Waals surface area contributed by atoms with Crippen molar-refractivity contribution in [3.05, 3.63) is 0 Å². The second kappa shape index (κ2) is 2.73. The molecule has 0 aromatic carbocycles. The first-order chi connectivity index (χ1) is 5.34. The number of nitrogens with zero attached hydrogens (tertiary/aromatic N) is 1. The molecule has 2 atom stereocenters. The number of hydrogen-bond acceptors (Lipinski definition) is 5. The molecular formula is C4H5NO5S2. The Labute approximate surface area is 72.6 Å². The fourth-order valence-electron chi connectivity index (χ4n) is 0.824. The van der Waals surface area contributed by atoms with Crippen LogP contribution in [-0.4, -0.2) is 36.1 Å². The summed E-state index contributed by atoms with van der Waals surface area (Å²) in [7, 11) is -3.76. The van der Waals surface area contributed by atoms with Crippen LogP contribution >= 0.6 is 0 Å². The molecule has 1 rings (SSSR count). The van der Waals surface area contributed by atoms with Gasteiger partial charge in [-0.25, -0.2) is 4.21 Å². The lowest BCUT2D eigenvalue weighted by Gasteiger charge is -2.04. The van der Waals surface area contributed by atoms with Crippen molar-refractivity contribution < 1.29 is 23.6 Å². The van der Waals surface area contributed by atoms with Crippen LogP contribution in [0.25, 0.3) is 0 Å². The predicted octanol–water partition coefficient (Wildman–Crippen LogP) is -1.28. The zero-order chi connectivity index (χ0) is 9.52. The van der Waals surface area contributed by atoms with E-state index < -0.39 is 32.3 Å². The molecular weight excluding hydrogens is 206 g/mol. The van der Waals surface area contributed by atoms with Crippen molar-refractivity contribution >= 4 is 31.8 Å². The van der Waals surface area contributed by atoms with E-state index in [1.165, 1.54) is 0 Å². The van der Waals surface area contributed by atoms with Gasteiger partial charge < -0.3 is 4.55 Å². The molecule has 12 heavy (non-hydrogen) atoms. The summed E-state index contributed by atoms with van der Waals surface area (Å²) in [6.07, 6.45) is -0.506. The zero-order valence-corrected chi connectivity index (χ0v) is 7.30. The molecule has 2 amide bonds. The molecule has 2 unspecified atom stereocenters. The van der Waals surface area contributed by atoms with Gasteiger partial charge in [-0.2, -0.15) is 5.06 Å². The largest absolute Gasteiger partial charge is 0.305 e. The van der Waals surface area contributed by atoms with Gasteiger partial charge in [0.1, 0.15) is 0 Å². The van der Waals surface area contributed by atoms with E-state index >= 15 is 0 Å². The molecule has 8 heteroatoms. The molecule has 0 aliphatic carbocycles. The highest BCUT2D eigenvalue weighted by molar-refractivity contribution is 8.30. The summed E-state index contributed by atoms with van der Waals surface area (Å²) in [5.74, 6) is -2.01. The summed E-state index contributed by atoms with van der Waals surface area (Å²) >= 11 is 4.10. The third-order valence-electron chi connectivity index (χ3n) is 1.44. The number of imide groups is 1. The van der Waals surface area contributed by atoms with Gasteiger partial charge in [0, 0.05) is 11.2 Å². The van der Waals surface area contributed by atoms with E-state index in [0.29, 0.717) is 0 Å². The summed E-state index contributed by atoms with van der Waals surface area (Å²) in [6.45, 7) is 0. The number of rotatable bonds is 1. The van der Waals surface area contributed by atoms with Gasteiger partial charge in [-0.1, -0.05) is 0 Å². The Bertz CT molecular complexity index is 333. The van der Waals surface area contributed by atoms with Gasteiger partial charge >= 0.3 is 0 Å². The first-order valence-electron chi connectivity index (χ1n) is 2.86. The van der Waals surface area contributed by atoms with E-state index in [1.807, 2.05) is 0 Å². The first kappa shape index (κ1) is 9.52. The van der Waals surface area contributed by atoms with Gasteiger partial charge in [-0.3, -0.25) is 14.8 Å². The Morgan fingerprint density at radius 2 is 2.08 bits per heavy atom. The van der Waals surface area contributed by atoms with E-state index in [4.69, 9.17) is 9.76 Å². The Hall–Kier alpha value is -0.570. The minimum Gasteiger partial charge on any atom is -0.305 e. The second-order valence-corrected chi connectivity index (χ2v) is 5.28. The molecule has 1 aliphatic heterocycles. The zero-order valence-electron chi connectivity index (χ0n) is 5.67. The maximum atomic E-state index is 10.8. The minimum atomic E-state index is -3.76. The van der Waals surface area contributed by atoms with Gasteiger partial charge in [-0.15, -0.1) is 0 Å². The normalized spacial score (nSPS) is 29.2. The molecule has 2 N–H and O–H groups in total. The van der Waals surface area contributed by atoms with Crippen LogP contribution < -0.4 is 0 Å². The van der Waals surface area contributed by atoms with Crippen LogP contribution in [0.3, 0.4) is 0 Å². The van der Waals surface area contributed by atoms with Gasteiger partial charge in [0.05, 0.1) is 6.42 Å². The first-order valence-corrected chi connectivity index (χ1v) is 5.36. The van der Waals surface area contributed by atoms with Gasteiger partial charge in [0.15, 0.2) is 14.0 Å². The van der Waals surface area contributed by atoms with Crippen molar-refractivity contribution in [3.8, 4) is 0 Å².